The molecule has 1 heterocycles. The molecule has 8 heteroatoms. The summed E-state index contributed by atoms with van der Waals surface area (Å²) in [6, 6.07) is 20.3. The number of nitrogens with zero attached hydrogens (tertiary/aromatic N) is 1. The van der Waals surface area contributed by atoms with Gasteiger partial charge in [0.25, 0.3) is 0 Å². The summed E-state index contributed by atoms with van der Waals surface area (Å²) in [5.41, 5.74) is 1.66. The van der Waals surface area contributed by atoms with Crippen molar-refractivity contribution in [1.29, 1.82) is 0 Å². The van der Waals surface area contributed by atoms with Crippen molar-refractivity contribution < 1.29 is 18.0 Å². The van der Waals surface area contributed by atoms with Crippen LogP contribution in [0.25, 0.3) is 10.8 Å². The minimum atomic E-state index is -3.54. The minimum absolute atomic E-state index is 0.287. The Morgan fingerprint density at radius 1 is 0.944 bits per heavy atom. The van der Waals surface area contributed by atoms with E-state index in [1.54, 1.807) is 28.6 Å². The molecule has 190 valence electrons. The largest absolute Gasteiger partial charge is 0.348 e. The van der Waals surface area contributed by atoms with Crippen molar-refractivity contribution >= 4 is 38.3 Å². The lowest BCUT2D eigenvalue weighted by atomic mass is 9.94. The zero-order valence-electron chi connectivity index (χ0n) is 20.6. The van der Waals surface area contributed by atoms with Gasteiger partial charge in [-0.2, -0.15) is 4.31 Å². The number of fused-ring (bicyclic) bond motifs is 1. The van der Waals surface area contributed by atoms with E-state index in [4.69, 9.17) is 0 Å². The highest BCUT2D eigenvalue weighted by molar-refractivity contribution is 7.89. The molecule has 36 heavy (non-hydrogen) atoms. The predicted molar refractivity (Wildman–Crippen MR) is 142 cm³/mol. The Morgan fingerprint density at radius 2 is 1.69 bits per heavy atom. The molecule has 2 amide bonds. The van der Waals surface area contributed by atoms with Gasteiger partial charge in [0.05, 0.1) is 4.90 Å². The minimum Gasteiger partial charge on any atom is -0.348 e. The average Bonchev–Trinajstić information content (AvgIpc) is 2.89. The zero-order valence-corrected chi connectivity index (χ0v) is 21.4. The number of rotatable bonds is 8. The fourth-order valence-corrected chi connectivity index (χ4v) is 6.21. The van der Waals surface area contributed by atoms with E-state index in [1.807, 2.05) is 49.4 Å². The molecule has 1 atom stereocenters. The summed E-state index contributed by atoms with van der Waals surface area (Å²) >= 11 is 0. The van der Waals surface area contributed by atoms with Crippen LogP contribution in [0.3, 0.4) is 0 Å². The molecule has 0 radical (unpaired) electrons. The number of benzene rings is 3. The number of piperidine rings is 1. The van der Waals surface area contributed by atoms with E-state index >= 15 is 0 Å². The van der Waals surface area contributed by atoms with Crippen LogP contribution in [0, 0.1) is 12.8 Å². The number of hydrogen-bond acceptors (Lipinski definition) is 4. The topological polar surface area (TPSA) is 95.6 Å². The Hall–Kier alpha value is -3.23. The normalized spacial score (nSPS) is 16.5. The van der Waals surface area contributed by atoms with Gasteiger partial charge >= 0.3 is 11.8 Å². The van der Waals surface area contributed by atoms with Crippen LogP contribution in [0.1, 0.15) is 37.7 Å². The van der Waals surface area contributed by atoms with Gasteiger partial charge < -0.3 is 10.6 Å². The molecule has 0 aliphatic carbocycles. The lowest BCUT2D eigenvalue weighted by Crippen LogP contribution is -2.40. The Bertz CT molecular complexity index is 1320. The molecule has 0 unspecified atom stereocenters. The first-order valence-corrected chi connectivity index (χ1v) is 13.9. The highest BCUT2D eigenvalue weighted by Gasteiger charge is 2.30. The van der Waals surface area contributed by atoms with Crippen LogP contribution in [0.2, 0.25) is 0 Å². The van der Waals surface area contributed by atoms with Crippen molar-refractivity contribution in [1.82, 2.24) is 9.62 Å². The number of anilines is 1. The summed E-state index contributed by atoms with van der Waals surface area (Å²) in [4.78, 5) is 24.4. The molecule has 0 bridgehead atoms. The molecule has 1 saturated heterocycles. The second-order valence-corrected chi connectivity index (χ2v) is 11.4. The maximum atomic E-state index is 13.3. The molecule has 7 nitrogen and oxygen atoms in total. The third-order valence-electron chi connectivity index (χ3n) is 6.68. The van der Waals surface area contributed by atoms with Crippen LogP contribution in [-0.4, -0.2) is 44.2 Å². The molecule has 3 aromatic carbocycles. The van der Waals surface area contributed by atoms with Crippen molar-refractivity contribution in [3.05, 3.63) is 72.3 Å². The molecule has 1 aliphatic heterocycles. The molecule has 1 fully saturated rings. The maximum absolute atomic E-state index is 13.3. The van der Waals surface area contributed by atoms with Crippen LogP contribution < -0.4 is 10.6 Å². The van der Waals surface area contributed by atoms with Gasteiger partial charge in [-0.3, -0.25) is 9.59 Å². The van der Waals surface area contributed by atoms with Crippen LogP contribution in [0.15, 0.2) is 71.6 Å². The fraction of sp³-hybridized carbons (Fsp3) is 0.357. The lowest BCUT2D eigenvalue weighted by Gasteiger charge is -2.32. The molecule has 0 aromatic heterocycles. The number of nitrogens with one attached hydrogen (secondary N) is 2. The van der Waals surface area contributed by atoms with Gasteiger partial charge in [0.1, 0.15) is 0 Å². The maximum Gasteiger partial charge on any atom is 0.313 e. The predicted octanol–water partition coefficient (Wildman–Crippen LogP) is 4.47. The van der Waals surface area contributed by atoms with Crippen molar-refractivity contribution in [2.24, 2.45) is 5.92 Å². The quantitative estimate of drug-likeness (QED) is 0.347. The van der Waals surface area contributed by atoms with Crippen LogP contribution in [0.5, 0.6) is 0 Å². The van der Waals surface area contributed by atoms with Crippen molar-refractivity contribution in [2.45, 2.75) is 43.9 Å². The second-order valence-electron chi connectivity index (χ2n) is 9.45. The first-order chi connectivity index (χ1) is 17.3. The lowest BCUT2D eigenvalue weighted by molar-refractivity contribution is -0.136. The van der Waals surface area contributed by atoms with Gasteiger partial charge in [-0.1, -0.05) is 54.4 Å². The molecule has 3 aromatic rings. The zero-order chi connectivity index (χ0) is 25.5. The first-order valence-electron chi connectivity index (χ1n) is 12.5. The van der Waals surface area contributed by atoms with Gasteiger partial charge in [0.2, 0.25) is 10.0 Å². The summed E-state index contributed by atoms with van der Waals surface area (Å²) in [7, 11) is -3.54. The molecule has 1 aliphatic rings. The molecule has 0 saturated carbocycles. The first kappa shape index (κ1) is 25.9. The molecular formula is C28H33N3O4S. The smallest absolute Gasteiger partial charge is 0.313 e. The van der Waals surface area contributed by atoms with Gasteiger partial charge in [-0.25, -0.2) is 8.42 Å². The number of aryl methyl sites for hydroxylation is 1. The SMILES string of the molecule is Cc1ccc(NC(=O)C(=O)NCCCC[C@@H]2CCCN(S(=O)(=O)c3ccc4ccccc4c3)C2)cc1. The van der Waals surface area contributed by atoms with E-state index in [1.165, 1.54) is 0 Å². The standard InChI is InChI=1S/C28H33N3O4S/c1-21-11-14-25(15-12-21)30-28(33)27(32)29-17-5-4-7-22-8-6-18-31(20-22)36(34,35)26-16-13-23-9-2-3-10-24(23)19-26/h2-3,9-16,19,22H,4-8,17-18,20H2,1H3,(H,29,32)(H,30,33)/t22-/m1/s1. The van der Waals surface area contributed by atoms with Crippen LogP contribution >= 0.6 is 0 Å². The molecular weight excluding hydrogens is 474 g/mol. The summed E-state index contributed by atoms with van der Waals surface area (Å²) in [6.45, 7) is 3.41. The Balaban J connectivity index is 1.21. The van der Waals surface area contributed by atoms with Crippen LogP contribution in [-0.2, 0) is 19.6 Å². The summed E-state index contributed by atoms with van der Waals surface area (Å²) in [5, 5.41) is 7.19. The van der Waals surface area contributed by atoms with Gasteiger partial charge in [0, 0.05) is 25.3 Å². The van der Waals surface area contributed by atoms with E-state index in [-0.39, 0.29) is 5.92 Å². The van der Waals surface area contributed by atoms with Gasteiger partial charge in [0.15, 0.2) is 0 Å². The monoisotopic (exact) mass is 507 g/mol. The number of sulfonamides is 1. The number of carbonyl (C=O) groups is 2. The number of carbonyl (C=O) groups excluding carboxylic acids is 2. The number of amides is 2. The third kappa shape index (κ3) is 6.50. The average molecular weight is 508 g/mol. The fourth-order valence-electron chi connectivity index (χ4n) is 4.62. The molecule has 4 rings (SSSR count). The summed E-state index contributed by atoms with van der Waals surface area (Å²) < 4.78 is 28.2. The van der Waals surface area contributed by atoms with Gasteiger partial charge in [-0.05, 0) is 73.6 Å². The van der Waals surface area contributed by atoms with E-state index in [2.05, 4.69) is 10.6 Å². The van der Waals surface area contributed by atoms with E-state index < -0.39 is 21.8 Å². The van der Waals surface area contributed by atoms with Crippen LogP contribution in [0.4, 0.5) is 5.69 Å². The van der Waals surface area contributed by atoms with Crippen molar-refractivity contribution in [3.63, 3.8) is 0 Å². The van der Waals surface area contributed by atoms with Gasteiger partial charge in [-0.15, -0.1) is 0 Å². The molecule has 2 N–H and O–H groups in total. The van der Waals surface area contributed by atoms with E-state index in [0.717, 1.165) is 48.4 Å². The summed E-state index contributed by atoms with van der Waals surface area (Å²) in [6.07, 6.45) is 4.31. The summed E-state index contributed by atoms with van der Waals surface area (Å²) in [5.74, 6) is -1.05. The Kier molecular flexibility index (Phi) is 8.38. The van der Waals surface area contributed by atoms with Crippen molar-refractivity contribution in [2.75, 3.05) is 25.0 Å². The molecule has 0 spiro atoms. The van der Waals surface area contributed by atoms with E-state index in [9.17, 15) is 18.0 Å². The highest BCUT2D eigenvalue weighted by Crippen LogP contribution is 2.28. The van der Waals surface area contributed by atoms with Crippen molar-refractivity contribution in [3.8, 4) is 0 Å². The Labute approximate surface area is 212 Å². The number of hydrogen-bond donors (Lipinski definition) is 2. The highest BCUT2D eigenvalue weighted by atomic mass is 32.2. The number of unbranched alkanes of at least 4 members (excludes halogenated alkanes) is 1. The Morgan fingerprint density at radius 3 is 2.47 bits per heavy atom. The third-order valence-corrected chi connectivity index (χ3v) is 8.54. The second kappa shape index (κ2) is 11.7. The van der Waals surface area contributed by atoms with E-state index in [0.29, 0.717) is 30.2 Å².